The Morgan fingerprint density at radius 2 is 1.06 bits per heavy atom. The number of nitrogens with two attached hydrogens (primary N) is 4. The largest absolute Gasteiger partial charge is 0.491 e. The van der Waals surface area contributed by atoms with Gasteiger partial charge in [0.2, 0.25) is 17.1 Å². The summed E-state index contributed by atoms with van der Waals surface area (Å²) >= 11 is 5.57. The highest BCUT2D eigenvalue weighted by molar-refractivity contribution is 6.58. The monoisotopic (exact) mass is 934 g/mol. The summed E-state index contributed by atoms with van der Waals surface area (Å²) < 4.78 is 66.9. The van der Waals surface area contributed by atoms with Crippen LogP contribution in [0.15, 0.2) is 97.1 Å². The van der Waals surface area contributed by atoms with Gasteiger partial charge in [-0.05, 0) is 48.7 Å². The lowest BCUT2D eigenvalue weighted by Crippen LogP contribution is -2.33. The first-order valence-corrected chi connectivity index (χ1v) is 19.4. The number of ether oxygens (including phenoxy) is 2. The van der Waals surface area contributed by atoms with Gasteiger partial charge < -0.3 is 53.1 Å². The van der Waals surface area contributed by atoms with Crippen molar-refractivity contribution in [3.63, 3.8) is 0 Å². The molecule has 344 valence electrons. The highest BCUT2D eigenvalue weighted by atomic mass is 35.5. The molecule has 0 radical (unpaired) electrons. The Labute approximate surface area is 378 Å². The molecule has 0 unspecified atom stereocenters. The molecule has 6 rings (SSSR count). The Balaban J connectivity index is 0.000000233. The smallest absolute Gasteiger partial charge is 0.486 e. The maximum absolute atomic E-state index is 14.8. The van der Waals surface area contributed by atoms with E-state index < -0.39 is 71.6 Å². The number of hydrogen-bond donors (Lipinski definition) is 8. The maximum atomic E-state index is 14.8. The summed E-state index contributed by atoms with van der Waals surface area (Å²) in [5.41, 5.74) is 21.0. The van der Waals surface area contributed by atoms with Crippen molar-refractivity contribution in [3.8, 4) is 22.9 Å². The molecule has 24 heteroatoms. The Bertz CT molecular complexity index is 2680. The average Bonchev–Trinajstić information content (AvgIpc) is 3.27. The summed E-state index contributed by atoms with van der Waals surface area (Å²) in [5.74, 6) is -7.06. The molecular weight excluding hydrogens is 895 g/mol. The van der Waals surface area contributed by atoms with E-state index in [1.54, 1.807) is 55.5 Å². The van der Waals surface area contributed by atoms with Crippen molar-refractivity contribution in [2.24, 2.45) is 22.9 Å². The number of carbonyl (C=O) groups excluding carboxylic acids is 4. The molecule has 0 aliphatic heterocycles. The van der Waals surface area contributed by atoms with Gasteiger partial charge in [-0.25, -0.2) is 37.5 Å². The molecule has 0 aliphatic rings. The third-order valence-corrected chi connectivity index (χ3v) is 8.75. The fourth-order valence-corrected chi connectivity index (χ4v) is 5.29. The van der Waals surface area contributed by atoms with Gasteiger partial charge in [0, 0.05) is 29.7 Å². The minimum atomic E-state index is -2.06. The summed E-state index contributed by atoms with van der Waals surface area (Å²) in [7, 11) is -2.06. The Hall–Kier alpha value is -7.89. The predicted octanol–water partition coefficient (Wildman–Crippen LogP) is 3.12. The summed E-state index contributed by atoms with van der Waals surface area (Å²) in [5, 5.41) is 22.8. The van der Waals surface area contributed by atoms with Gasteiger partial charge in [0.25, 0.3) is 11.8 Å². The molecule has 6 aromatic rings. The molecular formula is C42H40BClF4N10O8. The zero-order chi connectivity index (χ0) is 48.7. The second kappa shape index (κ2) is 23.7. The van der Waals surface area contributed by atoms with Crippen molar-refractivity contribution in [1.82, 2.24) is 19.9 Å². The predicted molar refractivity (Wildman–Crippen MR) is 234 cm³/mol. The number of carbonyl (C=O) groups is 4. The highest BCUT2D eigenvalue weighted by Crippen LogP contribution is 2.29. The maximum Gasteiger partial charge on any atom is 0.491 e. The van der Waals surface area contributed by atoms with Crippen molar-refractivity contribution in [1.29, 1.82) is 0 Å². The van der Waals surface area contributed by atoms with Crippen LogP contribution in [0.25, 0.3) is 11.4 Å². The van der Waals surface area contributed by atoms with Crippen LogP contribution in [0.1, 0.15) is 46.0 Å². The van der Waals surface area contributed by atoms with Gasteiger partial charge in [-0.15, -0.1) is 0 Å². The molecule has 4 aromatic carbocycles. The van der Waals surface area contributed by atoms with Crippen molar-refractivity contribution in [3.05, 3.63) is 148 Å². The molecule has 2 atom stereocenters. The van der Waals surface area contributed by atoms with Crippen LogP contribution in [-0.4, -0.2) is 72.8 Å². The van der Waals surface area contributed by atoms with Crippen molar-refractivity contribution in [2.75, 3.05) is 10.6 Å². The first-order valence-electron chi connectivity index (χ1n) is 19.0. The topological polar surface area (TPSA) is 307 Å². The lowest BCUT2D eigenvalue weighted by atomic mass is 9.80. The van der Waals surface area contributed by atoms with Crippen LogP contribution >= 0.6 is 11.6 Å². The van der Waals surface area contributed by atoms with Crippen LogP contribution < -0.4 is 48.5 Å². The molecule has 2 heterocycles. The van der Waals surface area contributed by atoms with Crippen LogP contribution in [0, 0.1) is 23.3 Å². The third-order valence-electron chi connectivity index (χ3n) is 8.58. The normalized spacial score (nSPS) is 11.3. The number of rotatable bonds is 16. The van der Waals surface area contributed by atoms with Gasteiger partial charge in [-0.1, -0.05) is 60.7 Å². The summed E-state index contributed by atoms with van der Waals surface area (Å²) in [6, 6.07) is 22.2. The summed E-state index contributed by atoms with van der Waals surface area (Å²) in [6.07, 6.45) is 0. The average molecular weight is 935 g/mol. The number of hydrogen-bond acceptors (Lipinski definition) is 14. The second-order valence-electron chi connectivity index (χ2n) is 13.6. The molecule has 0 aliphatic carbocycles. The van der Waals surface area contributed by atoms with Crippen LogP contribution in [0.4, 0.5) is 29.2 Å². The number of nitrogens with one attached hydrogen (secondary N) is 2. The molecule has 12 N–H and O–H groups in total. The van der Waals surface area contributed by atoms with Crippen molar-refractivity contribution < 1.29 is 56.3 Å². The van der Waals surface area contributed by atoms with Crippen LogP contribution in [0.3, 0.4) is 0 Å². The molecule has 0 spiro atoms. The zero-order valence-corrected chi connectivity index (χ0v) is 35.5. The quantitative estimate of drug-likeness (QED) is 0.0393. The summed E-state index contributed by atoms with van der Waals surface area (Å²) in [4.78, 5) is 59.9. The highest BCUT2D eigenvalue weighted by Gasteiger charge is 2.21. The Morgan fingerprint density at radius 1 is 0.621 bits per heavy atom. The van der Waals surface area contributed by atoms with E-state index in [0.717, 1.165) is 29.3 Å². The van der Waals surface area contributed by atoms with Gasteiger partial charge in [-0.2, -0.15) is 0 Å². The number of nitrogens with zero attached hydrogens (tertiary/aromatic N) is 4. The van der Waals surface area contributed by atoms with E-state index in [2.05, 4.69) is 30.6 Å². The van der Waals surface area contributed by atoms with Gasteiger partial charge in [0.05, 0.1) is 5.56 Å². The zero-order valence-electron chi connectivity index (χ0n) is 34.7. The molecule has 2 aromatic heterocycles. The molecule has 0 fully saturated rings. The Kier molecular flexibility index (Phi) is 18.2. The van der Waals surface area contributed by atoms with Gasteiger partial charge in [-0.3, -0.25) is 19.2 Å². The number of benzene rings is 4. The first kappa shape index (κ1) is 50.8. The minimum Gasteiger partial charge on any atom is -0.486 e. The van der Waals surface area contributed by atoms with Crippen molar-refractivity contribution >= 4 is 59.4 Å². The lowest BCUT2D eigenvalue weighted by molar-refractivity contribution is -0.119. The van der Waals surface area contributed by atoms with Crippen molar-refractivity contribution in [2.45, 2.75) is 39.1 Å². The van der Waals surface area contributed by atoms with Crippen LogP contribution in [0.5, 0.6) is 11.5 Å². The number of anilines is 2. The van der Waals surface area contributed by atoms with Gasteiger partial charge >= 0.3 is 7.12 Å². The molecule has 0 saturated carbocycles. The SMILES string of the molecule is C[C@H](Nc1cc(C(N)=O)nc(-c2cc(F)c(OCc3ccccc3)cc2F)n1)C(N)=O.C[C@H](Nc1cc(C(N)=O)nc(Cl)n1)C(N)=O.OB(O)c1cc(F)c(OCc2ccccc2)cc1F. The van der Waals surface area contributed by atoms with Crippen LogP contribution in [-0.2, 0) is 22.8 Å². The van der Waals surface area contributed by atoms with Crippen LogP contribution in [0.2, 0.25) is 5.28 Å². The minimum absolute atomic E-state index is 0.00527. The van der Waals surface area contributed by atoms with E-state index in [0.29, 0.717) is 6.07 Å². The molecule has 66 heavy (non-hydrogen) atoms. The number of aromatic nitrogens is 4. The van der Waals surface area contributed by atoms with E-state index in [1.807, 2.05) is 12.1 Å². The van der Waals surface area contributed by atoms with E-state index in [1.165, 1.54) is 19.1 Å². The van der Waals surface area contributed by atoms with E-state index in [-0.39, 0.29) is 64.4 Å². The number of primary amides is 4. The fraction of sp³-hybridized carbons (Fsp3) is 0.143. The molecule has 4 amide bonds. The second-order valence-corrected chi connectivity index (χ2v) is 14.0. The number of halogens is 5. The third kappa shape index (κ3) is 15.1. The number of amides is 4. The standard InChI is InChI=1S/C21H19F2N5O3.C13H11BF2O3.C8H10ClN5O2/c1-11(19(24)29)26-18-9-16(20(25)30)27-21(28-18)13-7-15(23)17(8-14(13)22)31-10-12-5-3-2-4-6-12;15-11-7-13(12(16)6-10(11)14(17)18)19-8-9-4-2-1-3-5-9;1-3(6(10)15)12-5-2-4(7(11)16)13-8(9)14-5/h2-9,11H,10H2,1H3,(H2,24,29)(H2,25,30)(H,26,27,28);1-7,17-18H,8H2;2-3H,1H3,(H2,10,15)(H2,11,16)(H,12,13,14)/t11-;;3-/m0.0/s1. The van der Waals surface area contributed by atoms with E-state index in [9.17, 15) is 36.7 Å². The lowest BCUT2D eigenvalue weighted by Gasteiger charge is -2.13. The van der Waals surface area contributed by atoms with Gasteiger partial charge in [0.15, 0.2) is 29.0 Å². The fourth-order valence-electron chi connectivity index (χ4n) is 5.11. The molecule has 0 saturated heterocycles. The van der Waals surface area contributed by atoms with E-state index in [4.69, 9.17) is 54.1 Å². The molecule has 0 bridgehead atoms. The van der Waals surface area contributed by atoms with E-state index >= 15 is 0 Å². The summed E-state index contributed by atoms with van der Waals surface area (Å²) in [6.45, 7) is 3.15. The first-order chi connectivity index (χ1) is 31.2. The molecule has 18 nitrogen and oxygen atoms in total. The Morgan fingerprint density at radius 3 is 1.52 bits per heavy atom. The van der Waals surface area contributed by atoms with Gasteiger partial charge in [0.1, 0.15) is 60.0 Å².